The van der Waals surface area contributed by atoms with Crippen molar-refractivity contribution >= 4 is 75.2 Å². The van der Waals surface area contributed by atoms with Gasteiger partial charge in [0.2, 0.25) is 11.8 Å². The van der Waals surface area contributed by atoms with Crippen LogP contribution in [0.3, 0.4) is 0 Å². The Bertz CT molecular complexity index is 1880. The molecule has 7 unspecified atom stereocenters. The number of amides is 3. The van der Waals surface area contributed by atoms with Crippen molar-refractivity contribution in [1.29, 1.82) is 0 Å². The number of rotatable bonds is 21. The molecule has 32 heteroatoms. The Morgan fingerprint density at radius 2 is 1.73 bits per heavy atom. The third kappa shape index (κ3) is 14.0. The molecule has 12 N–H and O–H groups in total. The molecule has 0 aliphatic carbocycles. The summed E-state index contributed by atoms with van der Waals surface area (Å²) in [6, 6.07) is 0. The molecule has 2 aromatic heterocycles. The van der Waals surface area contributed by atoms with Crippen LogP contribution in [-0.4, -0.2) is 151 Å². The van der Waals surface area contributed by atoms with Crippen molar-refractivity contribution < 1.29 is 95.6 Å². The Kier molecular flexibility index (Phi) is 16.4. The number of phosphoric acid groups is 3. The summed E-state index contributed by atoms with van der Waals surface area (Å²) in [6.07, 6.45) is -7.23. The molecule has 0 spiro atoms. The predicted molar refractivity (Wildman–Crippen MR) is 184 cm³/mol. The molecule has 2 aromatic rings. The molecule has 3 heterocycles. The van der Waals surface area contributed by atoms with Crippen LogP contribution >= 0.6 is 35.2 Å². The molecule has 1 fully saturated rings. The smallest absolute Gasteiger partial charge is 0.480 e. The monoisotopic (exact) mass is 884 g/mol. The second kappa shape index (κ2) is 19.5. The van der Waals surface area contributed by atoms with Crippen LogP contribution in [0.25, 0.3) is 11.2 Å². The number of nitrogens with two attached hydrogens (primary N) is 1. The van der Waals surface area contributed by atoms with Crippen molar-refractivity contribution in [2.75, 3.05) is 44.3 Å². The van der Waals surface area contributed by atoms with Gasteiger partial charge in [0, 0.05) is 30.7 Å². The summed E-state index contributed by atoms with van der Waals surface area (Å²) >= 11 is 0.533. The van der Waals surface area contributed by atoms with Crippen molar-refractivity contribution in [2.45, 2.75) is 50.9 Å². The number of carboxylic acid groups (broad SMARTS) is 1. The third-order valence-electron chi connectivity index (χ3n) is 7.22. The number of hydrogen-bond donors (Lipinski definition) is 11. The average molecular weight is 885 g/mol. The summed E-state index contributed by atoms with van der Waals surface area (Å²) in [5.74, 6) is -3.17. The maximum absolute atomic E-state index is 12.6. The molecule has 3 rings (SSSR count). The molecule has 28 nitrogen and oxygen atoms in total. The van der Waals surface area contributed by atoms with E-state index in [0.29, 0.717) is 11.8 Å². The van der Waals surface area contributed by atoms with Crippen molar-refractivity contribution in [1.82, 2.24) is 35.2 Å². The predicted octanol–water partition coefficient (Wildman–Crippen LogP) is -1.97. The molecule has 0 saturated carbocycles. The van der Waals surface area contributed by atoms with Crippen LogP contribution in [0.5, 0.6) is 0 Å². The summed E-state index contributed by atoms with van der Waals surface area (Å²) in [4.78, 5) is 97.3. The van der Waals surface area contributed by atoms with E-state index in [0.717, 1.165) is 17.2 Å². The number of nitrogens with one attached hydrogen (secondary N) is 2. The first-order chi connectivity index (χ1) is 25.8. The molecule has 1 aliphatic rings. The molecule has 56 heavy (non-hydrogen) atoms. The van der Waals surface area contributed by atoms with Gasteiger partial charge in [-0.15, -0.1) is 0 Å². The highest BCUT2D eigenvalue weighted by molar-refractivity contribution is 8.13. The number of aliphatic hydroxyl groups excluding tert-OH is 2. The number of nitrogen functional groups attached to an aromatic ring is 1. The minimum atomic E-state index is -5.60. The molecular weight excluding hydrogens is 845 g/mol. The largest absolute Gasteiger partial charge is 0.481 e. The highest BCUT2D eigenvalue weighted by Gasteiger charge is 2.50. The van der Waals surface area contributed by atoms with E-state index >= 15 is 0 Å². The van der Waals surface area contributed by atoms with E-state index in [1.54, 1.807) is 0 Å². The number of hydroxylamine groups is 2. The molecule has 0 radical (unpaired) electrons. The summed E-state index contributed by atoms with van der Waals surface area (Å²) in [7, 11) is -16.5. The van der Waals surface area contributed by atoms with E-state index in [2.05, 4.69) is 34.4 Å². The lowest BCUT2D eigenvalue weighted by atomic mass is 9.87. The van der Waals surface area contributed by atoms with Crippen molar-refractivity contribution in [3.8, 4) is 0 Å². The Morgan fingerprint density at radius 1 is 1.07 bits per heavy atom. The third-order valence-corrected chi connectivity index (χ3v) is 11.2. The Labute approximate surface area is 319 Å². The van der Waals surface area contributed by atoms with Gasteiger partial charge in [0.05, 0.1) is 19.5 Å². The number of carboxylic acids is 1. The maximum atomic E-state index is 12.6. The summed E-state index contributed by atoms with van der Waals surface area (Å²) in [5.41, 5.74) is 4.15. The molecular formula is C24H39N8O20P3S. The minimum absolute atomic E-state index is 0.0125. The highest BCUT2D eigenvalue weighted by Crippen LogP contribution is 2.61. The molecule has 0 bridgehead atoms. The first-order valence-corrected chi connectivity index (χ1v) is 21.1. The van der Waals surface area contributed by atoms with E-state index in [1.165, 1.54) is 13.8 Å². The Hall–Kier alpha value is -3.21. The van der Waals surface area contributed by atoms with Crippen LogP contribution in [0, 0.1) is 5.41 Å². The van der Waals surface area contributed by atoms with Crippen LogP contribution in [0.1, 0.15) is 26.5 Å². The Morgan fingerprint density at radius 3 is 2.38 bits per heavy atom. The van der Waals surface area contributed by atoms with E-state index in [9.17, 15) is 67.9 Å². The fraction of sp³-hybridized carbons (Fsp3) is 0.625. The Balaban J connectivity index is 1.49. The van der Waals surface area contributed by atoms with Crippen LogP contribution in [-0.2, 0) is 50.7 Å². The number of phosphoric ester groups is 3. The standard InChI is InChI=1S/C24H39N8O20P3S/c1-24(2,18(37)21(38)27-4-3-13(33)26-5-6-56-23(39)32(40)7-14(34)35)9-49-55(46,47)52-54(44,45)48-8-12-17(51-53(41,42)43)16(36)22(50-12)31-11-30-15-19(25)28-10-29-20(15)31/h10-12,16-18,22,36-37,40H,3-9H2,1-2H3,(H,26,33)(H,27,38)(H,34,35)(H,44,45)(H,46,47)(H2,25,28,29)(H2,41,42,43). The van der Waals surface area contributed by atoms with Gasteiger partial charge in [0.25, 0.3) is 0 Å². The van der Waals surface area contributed by atoms with E-state index in [-0.39, 0.29) is 47.3 Å². The van der Waals surface area contributed by atoms with Gasteiger partial charge in [0.1, 0.15) is 42.8 Å². The number of ether oxygens (including phenoxy) is 1. The molecule has 7 atom stereocenters. The van der Waals surface area contributed by atoms with Gasteiger partial charge in [0.15, 0.2) is 17.7 Å². The van der Waals surface area contributed by atoms with Gasteiger partial charge < -0.3 is 56.0 Å². The highest BCUT2D eigenvalue weighted by atomic mass is 32.2. The first-order valence-electron chi connectivity index (χ1n) is 15.6. The van der Waals surface area contributed by atoms with Crippen LogP contribution in [0.15, 0.2) is 12.7 Å². The van der Waals surface area contributed by atoms with Crippen LogP contribution < -0.4 is 16.4 Å². The van der Waals surface area contributed by atoms with E-state index in [4.69, 9.17) is 24.6 Å². The summed E-state index contributed by atoms with van der Waals surface area (Å²) in [6.45, 7) is -0.993. The fourth-order valence-electron chi connectivity index (χ4n) is 4.54. The van der Waals surface area contributed by atoms with Crippen LogP contribution in [0.2, 0.25) is 0 Å². The lowest BCUT2D eigenvalue weighted by Crippen LogP contribution is -2.46. The topological polar surface area (TPSA) is 424 Å². The lowest BCUT2D eigenvalue weighted by molar-refractivity contribution is -0.145. The summed E-state index contributed by atoms with van der Waals surface area (Å²) in [5, 5.41) is 42.9. The zero-order chi connectivity index (χ0) is 42.2. The number of aliphatic hydroxyl groups is 2. The second-order valence-corrected chi connectivity index (χ2v) is 17.4. The number of imidazole rings is 1. The summed E-state index contributed by atoms with van der Waals surface area (Å²) < 4.78 is 61.8. The number of fused-ring (bicyclic) bond motifs is 1. The molecule has 1 saturated heterocycles. The quantitative estimate of drug-likeness (QED) is 0.0280. The average Bonchev–Trinajstić information content (AvgIpc) is 3.64. The second-order valence-electron chi connectivity index (χ2n) is 12.1. The van der Waals surface area contributed by atoms with E-state index in [1.807, 2.05) is 0 Å². The molecule has 3 amide bonds. The zero-order valence-electron chi connectivity index (χ0n) is 29.0. The van der Waals surface area contributed by atoms with Gasteiger partial charge in [-0.2, -0.15) is 4.31 Å². The van der Waals surface area contributed by atoms with Crippen molar-refractivity contribution in [2.24, 2.45) is 5.41 Å². The van der Waals surface area contributed by atoms with Gasteiger partial charge >= 0.3 is 34.7 Å². The zero-order valence-corrected chi connectivity index (χ0v) is 32.5. The number of aromatic nitrogens is 4. The number of aliphatic carboxylic acids is 1. The number of carbonyl (C=O) groups is 4. The van der Waals surface area contributed by atoms with Gasteiger partial charge in [-0.3, -0.25) is 42.5 Å². The molecule has 316 valence electrons. The number of anilines is 1. The number of thioether (sulfide) groups is 1. The SMILES string of the molecule is CC(C)(COP(=O)(O)OP(=O)(O)OCC1OC(n2cnc3c(N)ncnc32)C(O)C1OP(=O)(O)O)C(O)C(=O)NCCC(=O)NCCSC(=O)N(O)CC(=O)O. The van der Waals surface area contributed by atoms with Crippen molar-refractivity contribution in [3.05, 3.63) is 12.7 Å². The first kappa shape index (κ1) is 47.2. The van der Waals surface area contributed by atoms with E-state index < -0.39 is 102 Å². The number of nitrogens with zero attached hydrogens (tertiary/aromatic N) is 5. The van der Waals surface area contributed by atoms with Crippen molar-refractivity contribution in [3.63, 3.8) is 0 Å². The number of carbonyl (C=O) groups excluding carboxylic acids is 3. The number of hydrogen-bond acceptors (Lipinski definition) is 20. The minimum Gasteiger partial charge on any atom is -0.480 e. The normalized spacial score (nSPS) is 21.5. The lowest BCUT2D eigenvalue weighted by Gasteiger charge is -2.30. The maximum Gasteiger partial charge on any atom is 0.481 e. The fourth-order valence-corrected chi connectivity index (χ4v) is 7.96. The molecule has 0 aromatic carbocycles. The van der Waals surface area contributed by atoms with Crippen LogP contribution in [0.4, 0.5) is 10.6 Å². The molecule has 1 aliphatic heterocycles. The van der Waals surface area contributed by atoms with Gasteiger partial charge in [-0.1, -0.05) is 25.6 Å². The van der Waals surface area contributed by atoms with Gasteiger partial charge in [-0.25, -0.2) is 33.7 Å². The van der Waals surface area contributed by atoms with Gasteiger partial charge in [-0.05, 0) is 0 Å².